The van der Waals surface area contributed by atoms with Crippen LogP contribution in [-0.4, -0.2) is 51.3 Å². The number of halogens is 1. The maximum absolute atomic E-state index is 6.11. The van der Waals surface area contributed by atoms with E-state index in [1.807, 2.05) is 25.1 Å². The molecule has 0 atom stereocenters. The summed E-state index contributed by atoms with van der Waals surface area (Å²) in [6, 6.07) is 6.13. The van der Waals surface area contributed by atoms with Crippen LogP contribution in [0, 0.1) is 6.92 Å². The van der Waals surface area contributed by atoms with Crippen molar-refractivity contribution in [3.63, 3.8) is 0 Å². The summed E-state index contributed by atoms with van der Waals surface area (Å²) in [5.74, 6) is 1.38. The van der Waals surface area contributed by atoms with E-state index in [2.05, 4.69) is 32.1 Å². The molecule has 138 valence electrons. The number of fused-ring (bicyclic) bond motifs is 1. The first kappa shape index (κ1) is 17.5. The van der Waals surface area contributed by atoms with Gasteiger partial charge in [0.05, 0.1) is 6.54 Å². The van der Waals surface area contributed by atoms with Gasteiger partial charge in [-0.15, -0.1) is 0 Å². The molecule has 0 saturated carbocycles. The molecule has 26 heavy (non-hydrogen) atoms. The van der Waals surface area contributed by atoms with Crippen LogP contribution in [0.15, 0.2) is 27.2 Å². The molecule has 3 heterocycles. The Morgan fingerprint density at radius 2 is 2.04 bits per heavy atom. The summed E-state index contributed by atoms with van der Waals surface area (Å²) in [7, 11) is 2.15. The molecule has 0 amide bonds. The second-order valence-electron chi connectivity index (χ2n) is 6.92. The number of aryl methyl sites for hydroxylation is 1. The molecule has 1 saturated heterocycles. The number of nitrogens with zero attached hydrogens (tertiary/aromatic N) is 5. The van der Waals surface area contributed by atoms with Crippen LogP contribution in [0.5, 0.6) is 0 Å². The molecule has 0 bridgehead atoms. The second kappa shape index (κ2) is 7.34. The molecule has 3 aromatic rings. The van der Waals surface area contributed by atoms with Gasteiger partial charge in [-0.1, -0.05) is 21.9 Å². The van der Waals surface area contributed by atoms with Crippen molar-refractivity contribution >= 4 is 22.6 Å². The lowest BCUT2D eigenvalue weighted by Crippen LogP contribution is -2.42. The molecule has 0 spiro atoms. The first-order chi connectivity index (χ1) is 12.6. The number of hydrogen-bond donors (Lipinski definition) is 0. The van der Waals surface area contributed by atoms with Crippen LogP contribution in [0.25, 0.3) is 11.0 Å². The van der Waals surface area contributed by atoms with Crippen molar-refractivity contribution in [2.75, 3.05) is 20.1 Å². The van der Waals surface area contributed by atoms with Crippen LogP contribution in [-0.2, 0) is 13.1 Å². The zero-order chi connectivity index (χ0) is 18.1. The van der Waals surface area contributed by atoms with Gasteiger partial charge in [0.15, 0.2) is 11.4 Å². The van der Waals surface area contributed by atoms with Crippen LogP contribution >= 0.6 is 11.6 Å². The normalized spacial score (nSPS) is 16.8. The SMILES string of the molecule is Cc1nc(CN2CCC(N(C)Cc3noc4ccc(Cl)cc34)CC2)no1. The van der Waals surface area contributed by atoms with Crippen LogP contribution in [0.1, 0.15) is 30.3 Å². The van der Waals surface area contributed by atoms with Gasteiger partial charge in [0, 0.05) is 43.0 Å². The highest BCUT2D eigenvalue weighted by Gasteiger charge is 2.24. The van der Waals surface area contributed by atoms with Gasteiger partial charge in [-0.3, -0.25) is 9.80 Å². The summed E-state index contributed by atoms with van der Waals surface area (Å²) in [6.45, 7) is 5.36. The Bertz CT molecular complexity index is 885. The lowest BCUT2D eigenvalue weighted by molar-refractivity contribution is 0.115. The van der Waals surface area contributed by atoms with Crippen LogP contribution in [0.3, 0.4) is 0 Å². The average Bonchev–Trinajstić information content (AvgIpc) is 3.22. The minimum atomic E-state index is 0.518. The van der Waals surface area contributed by atoms with Crippen molar-refractivity contribution in [3.05, 3.63) is 40.6 Å². The number of benzene rings is 1. The van der Waals surface area contributed by atoms with Crippen molar-refractivity contribution in [3.8, 4) is 0 Å². The molecule has 0 N–H and O–H groups in total. The maximum Gasteiger partial charge on any atom is 0.223 e. The molecule has 1 aromatic carbocycles. The fraction of sp³-hybridized carbons (Fsp3) is 0.500. The van der Waals surface area contributed by atoms with Gasteiger partial charge >= 0.3 is 0 Å². The Morgan fingerprint density at radius 1 is 1.23 bits per heavy atom. The van der Waals surface area contributed by atoms with E-state index in [4.69, 9.17) is 20.6 Å². The summed E-state index contributed by atoms with van der Waals surface area (Å²) in [5.41, 5.74) is 1.72. The van der Waals surface area contributed by atoms with Crippen LogP contribution in [0.2, 0.25) is 5.02 Å². The third-order valence-corrected chi connectivity index (χ3v) is 5.26. The van der Waals surface area contributed by atoms with Gasteiger partial charge in [0.1, 0.15) is 5.69 Å². The standard InChI is InChI=1S/C18H22ClN5O2/c1-12-20-18(22-25-12)11-24-7-5-14(6-8-24)23(2)10-16-15-9-13(19)3-4-17(15)26-21-16/h3-4,9,14H,5-8,10-11H2,1-2H3. The summed E-state index contributed by atoms with van der Waals surface area (Å²) < 4.78 is 10.5. The topological polar surface area (TPSA) is 71.4 Å². The maximum atomic E-state index is 6.11. The summed E-state index contributed by atoms with van der Waals surface area (Å²) in [5, 5.41) is 9.91. The predicted octanol–water partition coefficient (Wildman–Crippen LogP) is 3.27. The Balaban J connectivity index is 1.34. The fourth-order valence-corrected chi connectivity index (χ4v) is 3.74. The summed E-state index contributed by atoms with van der Waals surface area (Å²) in [4.78, 5) is 9.02. The van der Waals surface area contributed by atoms with Crippen LogP contribution in [0.4, 0.5) is 0 Å². The lowest BCUT2D eigenvalue weighted by atomic mass is 10.0. The highest BCUT2D eigenvalue weighted by atomic mass is 35.5. The number of rotatable bonds is 5. The van der Waals surface area contributed by atoms with E-state index in [0.717, 1.165) is 61.5 Å². The van der Waals surface area contributed by atoms with Gasteiger partial charge in [-0.2, -0.15) is 4.98 Å². The largest absolute Gasteiger partial charge is 0.356 e. The molecule has 1 aliphatic heterocycles. The Morgan fingerprint density at radius 3 is 2.77 bits per heavy atom. The highest BCUT2D eigenvalue weighted by molar-refractivity contribution is 6.31. The number of hydrogen-bond acceptors (Lipinski definition) is 7. The molecule has 0 radical (unpaired) electrons. The van der Waals surface area contributed by atoms with Crippen LogP contribution < -0.4 is 0 Å². The third kappa shape index (κ3) is 3.75. The molecule has 7 nitrogen and oxygen atoms in total. The number of likely N-dealkylation sites (tertiary alicyclic amines) is 1. The van der Waals surface area contributed by atoms with Gasteiger partial charge in [0.25, 0.3) is 0 Å². The van der Waals surface area contributed by atoms with Gasteiger partial charge in [0.2, 0.25) is 5.89 Å². The fourth-order valence-electron chi connectivity index (χ4n) is 3.56. The first-order valence-electron chi connectivity index (χ1n) is 8.84. The molecule has 1 aliphatic rings. The highest BCUT2D eigenvalue weighted by Crippen LogP contribution is 2.25. The Hall–Kier alpha value is -1.96. The smallest absolute Gasteiger partial charge is 0.223 e. The lowest BCUT2D eigenvalue weighted by Gasteiger charge is -2.36. The van der Waals surface area contributed by atoms with E-state index in [1.54, 1.807) is 0 Å². The summed E-state index contributed by atoms with van der Waals surface area (Å²) >= 11 is 6.11. The van der Waals surface area contributed by atoms with E-state index in [9.17, 15) is 0 Å². The van der Waals surface area contributed by atoms with Crippen molar-refractivity contribution in [2.24, 2.45) is 0 Å². The molecular formula is C18H22ClN5O2. The Labute approximate surface area is 156 Å². The van der Waals surface area contributed by atoms with Crippen molar-refractivity contribution in [1.82, 2.24) is 25.1 Å². The zero-order valence-electron chi connectivity index (χ0n) is 15.0. The molecule has 1 fully saturated rings. The molecular weight excluding hydrogens is 354 g/mol. The van der Waals surface area contributed by atoms with Crippen molar-refractivity contribution in [2.45, 2.75) is 38.9 Å². The third-order valence-electron chi connectivity index (χ3n) is 5.02. The van der Waals surface area contributed by atoms with E-state index in [0.29, 0.717) is 17.0 Å². The minimum Gasteiger partial charge on any atom is -0.356 e. The van der Waals surface area contributed by atoms with E-state index < -0.39 is 0 Å². The minimum absolute atomic E-state index is 0.518. The summed E-state index contributed by atoms with van der Waals surface area (Å²) in [6.07, 6.45) is 2.20. The predicted molar refractivity (Wildman–Crippen MR) is 97.8 cm³/mol. The Kier molecular flexibility index (Phi) is 4.93. The van der Waals surface area contributed by atoms with E-state index >= 15 is 0 Å². The average molecular weight is 376 g/mol. The van der Waals surface area contributed by atoms with Crippen molar-refractivity contribution in [1.29, 1.82) is 0 Å². The van der Waals surface area contributed by atoms with Gasteiger partial charge in [-0.25, -0.2) is 0 Å². The quantitative estimate of drug-likeness (QED) is 0.677. The molecule has 0 unspecified atom stereocenters. The van der Waals surface area contributed by atoms with Gasteiger partial charge in [-0.05, 0) is 38.1 Å². The zero-order valence-corrected chi connectivity index (χ0v) is 15.7. The number of aromatic nitrogens is 3. The van der Waals surface area contributed by atoms with Crippen molar-refractivity contribution < 1.29 is 9.05 Å². The first-order valence-corrected chi connectivity index (χ1v) is 9.22. The second-order valence-corrected chi connectivity index (χ2v) is 7.36. The van der Waals surface area contributed by atoms with E-state index in [1.165, 1.54) is 0 Å². The molecule has 0 aliphatic carbocycles. The van der Waals surface area contributed by atoms with E-state index in [-0.39, 0.29) is 0 Å². The molecule has 8 heteroatoms. The molecule has 2 aromatic heterocycles. The van der Waals surface area contributed by atoms with Gasteiger partial charge < -0.3 is 9.05 Å². The number of piperidine rings is 1. The molecule has 4 rings (SSSR count). The monoisotopic (exact) mass is 375 g/mol.